The van der Waals surface area contributed by atoms with E-state index >= 15 is 0 Å². The molecule has 3 aromatic rings. The molecule has 146 valence electrons. The normalized spacial score (nSPS) is 11.9. The standard InChI is InChI=1S/C24H23N3OS/c25-24(29-19-21-11-5-2-6-12-21)27-26-18-22-13-7-15-23(17-22)28-16-8-14-20-9-3-1-4-10-20/h1-15,17-18H,16,19H2,(H2,25,27). The van der Waals surface area contributed by atoms with Crippen LogP contribution in [0.2, 0.25) is 0 Å². The lowest BCUT2D eigenvalue weighted by Crippen LogP contribution is -2.06. The summed E-state index contributed by atoms with van der Waals surface area (Å²) in [7, 11) is 0. The van der Waals surface area contributed by atoms with E-state index in [2.05, 4.69) is 34.5 Å². The molecule has 4 nitrogen and oxygen atoms in total. The van der Waals surface area contributed by atoms with Gasteiger partial charge in [-0.2, -0.15) is 5.10 Å². The molecular formula is C24H23N3OS. The molecule has 3 aromatic carbocycles. The third kappa shape index (κ3) is 7.68. The van der Waals surface area contributed by atoms with Gasteiger partial charge in [-0.15, -0.1) is 5.10 Å². The van der Waals surface area contributed by atoms with E-state index in [0.29, 0.717) is 11.8 Å². The summed E-state index contributed by atoms with van der Waals surface area (Å²) in [5.41, 5.74) is 9.16. The molecule has 2 N–H and O–H groups in total. The van der Waals surface area contributed by atoms with Crippen LogP contribution in [0.5, 0.6) is 5.75 Å². The van der Waals surface area contributed by atoms with Gasteiger partial charge in [0.1, 0.15) is 12.4 Å². The van der Waals surface area contributed by atoms with Crippen molar-refractivity contribution in [1.82, 2.24) is 0 Å². The first-order valence-corrected chi connectivity index (χ1v) is 10.3. The van der Waals surface area contributed by atoms with Crippen molar-refractivity contribution in [2.75, 3.05) is 6.61 Å². The lowest BCUT2D eigenvalue weighted by molar-refractivity contribution is 0.363. The van der Waals surface area contributed by atoms with Crippen molar-refractivity contribution in [2.45, 2.75) is 5.75 Å². The molecule has 0 saturated carbocycles. The maximum atomic E-state index is 5.91. The van der Waals surface area contributed by atoms with Crippen LogP contribution in [0.1, 0.15) is 16.7 Å². The molecule has 0 aromatic heterocycles. The summed E-state index contributed by atoms with van der Waals surface area (Å²) in [5.74, 6) is 1.55. The van der Waals surface area contributed by atoms with E-state index < -0.39 is 0 Å². The zero-order valence-corrected chi connectivity index (χ0v) is 16.8. The first-order valence-electron chi connectivity index (χ1n) is 9.27. The molecule has 0 spiro atoms. The van der Waals surface area contributed by atoms with Crippen LogP contribution >= 0.6 is 11.8 Å². The summed E-state index contributed by atoms with van der Waals surface area (Å²) < 4.78 is 5.77. The molecule has 0 saturated heterocycles. The van der Waals surface area contributed by atoms with Crippen LogP contribution in [0, 0.1) is 0 Å². The van der Waals surface area contributed by atoms with Gasteiger partial charge in [0.05, 0.1) is 6.21 Å². The van der Waals surface area contributed by atoms with Gasteiger partial charge in [-0.05, 0) is 34.9 Å². The van der Waals surface area contributed by atoms with Gasteiger partial charge in [0, 0.05) is 5.75 Å². The van der Waals surface area contributed by atoms with Crippen LogP contribution in [0.25, 0.3) is 6.08 Å². The monoisotopic (exact) mass is 401 g/mol. The van der Waals surface area contributed by atoms with E-state index in [1.807, 2.05) is 72.8 Å². The van der Waals surface area contributed by atoms with Gasteiger partial charge in [-0.25, -0.2) is 0 Å². The number of thioether (sulfide) groups is 1. The minimum absolute atomic E-state index is 0.434. The summed E-state index contributed by atoms with van der Waals surface area (Å²) in [6, 6.07) is 28.0. The molecule has 0 bridgehead atoms. The minimum atomic E-state index is 0.434. The Morgan fingerprint density at radius 1 is 0.897 bits per heavy atom. The average molecular weight is 402 g/mol. The van der Waals surface area contributed by atoms with E-state index in [0.717, 1.165) is 22.6 Å². The second-order valence-corrected chi connectivity index (χ2v) is 7.15. The molecule has 0 heterocycles. The van der Waals surface area contributed by atoms with Crippen LogP contribution in [0.3, 0.4) is 0 Å². The predicted octanol–water partition coefficient (Wildman–Crippen LogP) is 5.36. The lowest BCUT2D eigenvalue weighted by atomic mass is 10.2. The van der Waals surface area contributed by atoms with Crippen molar-refractivity contribution < 1.29 is 4.74 Å². The van der Waals surface area contributed by atoms with Crippen molar-refractivity contribution >= 4 is 29.2 Å². The number of benzene rings is 3. The van der Waals surface area contributed by atoms with Gasteiger partial charge in [0.2, 0.25) is 0 Å². The third-order valence-electron chi connectivity index (χ3n) is 3.91. The molecule has 0 amide bonds. The molecule has 0 aliphatic heterocycles. The quantitative estimate of drug-likeness (QED) is 0.314. The molecule has 0 aliphatic rings. The molecular weight excluding hydrogens is 378 g/mol. The highest BCUT2D eigenvalue weighted by Crippen LogP contribution is 2.13. The smallest absolute Gasteiger partial charge is 0.180 e. The van der Waals surface area contributed by atoms with Crippen LogP contribution in [-0.4, -0.2) is 18.0 Å². The first-order chi connectivity index (χ1) is 14.3. The van der Waals surface area contributed by atoms with Gasteiger partial charge in [-0.1, -0.05) is 90.6 Å². The Balaban J connectivity index is 1.47. The van der Waals surface area contributed by atoms with Gasteiger partial charge in [0.25, 0.3) is 0 Å². The molecule has 0 aliphatic carbocycles. The van der Waals surface area contributed by atoms with Gasteiger partial charge in [-0.3, -0.25) is 0 Å². The number of amidine groups is 1. The zero-order chi connectivity index (χ0) is 20.2. The second-order valence-electron chi connectivity index (χ2n) is 6.15. The average Bonchev–Trinajstić information content (AvgIpc) is 2.77. The highest BCUT2D eigenvalue weighted by molar-refractivity contribution is 8.13. The minimum Gasteiger partial charge on any atom is -0.490 e. The van der Waals surface area contributed by atoms with Crippen LogP contribution in [0.4, 0.5) is 0 Å². The molecule has 0 fully saturated rings. The highest BCUT2D eigenvalue weighted by atomic mass is 32.2. The maximum Gasteiger partial charge on any atom is 0.180 e. The SMILES string of the molecule is NC(=NN=Cc1cccc(OCC=Cc2ccccc2)c1)SCc1ccccc1. The number of hydrogen-bond donors (Lipinski definition) is 1. The van der Waals surface area contributed by atoms with E-state index in [-0.39, 0.29) is 0 Å². The van der Waals surface area contributed by atoms with Crippen molar-refractivity contribution in [1.29, 1.82) is 0 Å². The van der Waals surface area contributed by atoms with Crippen molar-refractivity contribution in [3.63, 3.8) is 0 Å². The third-order valence-corrected chi connectivity index (χ3v) is 4.76. The number of nitrogens with zero attached hydrogens (tertiary/aromatic N) is 2. The predicted molar refractivity (Wildman–Crippen MR) is 124 cm³/mol. The van der Waals surface area contributed by atoms with E-state index in [1.165, 1.54) is 17.3 Å². The van der Waals surface area contributed by atoms with Crippen LogP contribution in [-0.2, 0) is 5.75 Å². The van der Waals surface area contributed by atoms with Crippen LogP contribution in [0.15, 0.2) is 101 Å². The number of rotatable bonds is 8. The van der Waals surface area contributed by atoms with Crippen molar-refractivity contribution in [2.24, 2.45) is 15.9 Å². The Morgan fingerprint density at radius 3 is 2.41 bits per heavy atom. The van der Waals surface area contributed by atoms with Crippen molar-refractivity contribution in [3.8, 4) is 5.75 Å². The lowest BCUT2D eigenvalue weighted by Gasteiger charge is -2.03. The Bertz CT molecular complexity index is 970. The van der Waals surface area contributed by atoms with Gasteiger partial charge < -0.3 is 10.5 Å². The summed E-state index contributed by atoms with van der Waals surface area (Å²) in [5, 5.41) is 8.56. The Hall–Kier alpha value is -3.31. The fourth-order valence-corrected chi connectivity index (χ4v) is 3.10. The zero-order valence-electron chi connectivity index (χ0n) is 16.0. The summed E-state index contributed by atoms with van der Waals surface area (Å²) in [6.45, 7) is 0.497. The fraction of sp³-hybridized carbons (Fsp3) is 0.0833. The van der Waals surface area contributed by atoms with Crippen molar-refractivity contribution in [3.05, 3.63) is 108 Å². The first kappa shape index (κ1) is 20.4. The summed E-state index contributed by atoms with van der Waals surface area (Å²) >= 11 is 1.46. The van der Waals surface area contributed by atoms with Crippen LogP contribution < -0.4 is 10.5 Å². The largest absolute Gasteiger partial charge is 0.490 e. The Kier molecular flexibility index (Phi) is 8.11. The number of nitrogens with two attached hydrogens (primary N) is 1. The van der Waals surface area contributed by atoms with E-state index in [4.69, 9.17) is 10.5 Å². The number of hydrogen-bond acceptors (Lipinski definition) is 4. The molecule has 5 heteroatoms. The molecule has 0 atom stereocenters. The van der Waals surface area contributed by atoms with E-state index in [9.17, 15) is 0 Å². The maximum absolute atomic E-state index is 5.91. The van der Waals surface area contributed by atoms with E-state index in [1.54, 1.807) is 6.21 Å². The Morgan fingerprint density at radius 2 is 1.62 bits per heavy atom. The molecule has 0 unspecified atom stereocenters. The Labute approximate surface area is 175 Å². The molecule has 0 radical (unpaired) electrons. The number of ether oxygens (including phenoxy) is 1. The highest BCUT2D eigenvalue weighted by Gasteiger charge is 1.97. The summed E-state index contributed by atoms with van der Waals surface area (Å²) in [4.78, 5) is 0. The molecule has 3 rings (SSSR count). The fourth-order valence-electron chi connectivity index (χ4n) is 2.49. The topological polar surface area (TPSA) is 60.0 Å². The molecule has 29 heavy (non-hydrogen) atoms. The van der Waals surface area contributed by atoms with Gasteiger partial charge in [0.15, 0.2) is 5.17 Å². The van der Waals surface area contributed by atoms with Gasteiger partial charge >= 0.3 is 0 Å². The second kappa shape index (κ2) is 11.5. The summed E-state index contributed by atoms with van der Waals surface area (Å²) in [6.07, 6.45) is 5.70.